The van der Waals surface area contributed by atoms with Gasteiger partial charge in [0.25, 0.3) is 0 Å². The summed E-state index contributed by atoms with van der Waals surface area (Å²) in [5, 5.41) is 0. The fourth-order valence-electron chi connectivity index (χ4n) is 0.589. The van der Waals surface area contributed by atoms with Crippen molar-refractivity contribution in [2.24, 2.45) is 0 Å². The number of rotatable bonds is 1. The van der Waals surface area contributed by atoms with Gasteiger partial charge in [0.1, 0.15) is 1.93 Å². The van der Waals surface area contributed by atoms with E-state index in [-0.39, 0.29) is 5.43 Å². The van der Waals surface area contributed by atoms with E-state index in [4.69, 9.17) is 0 Å². The van der Waals surface area contributed by atoms with Gasteiger partial charge < -0.3 is 4.98 Å². The number of nitrogens with one attached hydrogen (secondary N) is 1. The van der Waals surface area contributed by atoms with Crippen LogP contribution in [-0.4, -0.2) is 4.98 Å². The number of halogens is 2. The molecule has 0 amide bonds. The maximum Gasteiger partial charge on any atom is 0.181 e. The molecule has 0 spiro atoms. The van der Waals surface area contributed by atoms with Gasteiger partial charge in [0.15, 0.2) is 5.43 Å². The Morgan fingerprint density at radius 3 is 2.60 bits per heavy atom. The zero-order valence-corrected chi connectivity index (χ0v) is 9.29. The molecule has 1 aromatic heterocycles. The first kappa shape index (κ1) is 8.51. The van der Waals surface area contributed by atoms with Gasteiger partial charge in [-0.2, -0.15) is 0 Å². The second-order valence-corrected chi connectivity index (χ2v) is 6.66. The summed E-state index contributed by atoms with van der Waals surface area (Å²) in [6.45, 7) is 0. The molecule has 54 valence electrons. The van der Waals surface area contributed by atoms with E-state index in [1.54, 1.807) is 12.3 Å². The van der Waals surface area contributed by atoms with Gasteiger partial charge in [-0.3, -0.25) is 4.79 Å². The van der Waals surface area contributed by atoms with Crippen molar-refractivity contribution in [1.82, 2.24) is 4.98 Å². The van der Waals surface area contributed by atoms with E-state index < -0.39 is 0 Å². The van der Waals surface area contributed by atoms with Crippen LogP contribution in [0.5, 0.6) is 0 Å². The molecule has 0 saturated heterocycles. The van der Waals surface area contributed by atoms with Crippen LogP contribution in [-0.2, 0) is 0 Å². The Morgan fingerprint density at radius 2 is 2.20 bits per heavy atom. The minimum Gasteiger partial charge on any atom is -0.363 e. The second kappa shape index (κ2) is 3.70. The van der Waals surface area contributed by atoms with Crippen molar-refractivity contribution >= 4 is 45.2 Å². The van der Waals surface area contributed by atoms with Crippen LogP contribution in [0.25, 0.3) is 0 Å². The quantitative estimate of drug-likeness (QED) is 0.604. The van der Waals surface area contributed by atoms with Crippen molar-refractivity contribution in [3.8, 4) is 0 Å². The summed E-state index contributed by atoms with van der Waals surface area (Å²) in [5.74, 6) is 0. The largest absolute Gasteiger partial charge is 0.363 e. The first-order chi connectivity index (χ1) is 4.70. The highest BCUT2D eigenvalue weighted by Crippen LogP contribution is 2.27. The summed E-state index contributed by atoms with van der Waals surface area (Å²) in [5.41, 5.74) is 1.03. The third kappa shape index (κ3) is 2.22. The average Bonchev–Trinajstić information content (AvgIpc) is 1.88. The zero-order valence-electron chi connectivity index (χ0n) is 4.97. The van der Waals surface area contributed by atoms with Gasteiger partial charge in [0.2, 0.25) is 0 Å². The molecule has 4 heteroatoms. The van der Waals surface area contributed by atoms with Crippen molar-refractivity contribution in [3.05, 3.63) is 34.2 Å². The number of H-pyrrole nitrogens is 1. The number of alkyl halides is 2. The lowest BCUT2D eigenvalue weighted by molar-refractivity contribution is 1.18. The molecule has 1 N–H and O–H groups in total. The Balaban J connectivity index is 3.07. The Bertz CT molecular complexity index is 268. The van der Waals surface area contributed by atoms with Crippen molar-refractivity contribution in [3.63, 3.8) is 0 Å². The molecule has 0 aliphatic heterocycles. The van der Waals surface area contributed by atoms with Gasteiger partial charge in [-0.05, 0) is 0 Å². The molecule has 1 aromatic rings. The first-order valence-corrected chi connectivity index (χ1v) is 5.16. The number of aromatic amines is 1. The fraction of sp³-hybridized carbons (Fsp3) is 0.167. The molecule has 1 rings (SSSR count). The Kier molecular flexibility index (Phi) is 3.15. The summed E-state index contributed by atoms with van der Waals surface area (Å²) in [6.07, 6.45) is 1.67. The molecule has 1 heterocycles. The smallest absolute Gasteiger partial charge is 0.181 e. The standard InChI is InChI=1S/C6H5I2NO/c7-6(8)5-3-4(10)1-2-9-5/h1-3,6H,(H,9,10). The van der Waals surface area contributed by atoms with Gasteiger partial charge in [0.05, 0.1) is 0 Å². The summed E-state index contributed by atoms with van der Waals surface area (Å²) >= 11 is 4.48. The maximum atomic E-state index is 10.8. The van der Waals surface area contributed by atoms with Gasteiger partial charge in [-0.25, -0.2) is 0 Å². The van der Waals surface area contributed by atoms with Crippen LogP contribution in [0.2, 0.25) is 0 Å². The van der Waals surface area contributed by atoms with Gasteiger partial charge >= 0.3 is 0 Å². The molecule has 0 atom stereocenters. The van der Waals surface area contributed by atoms with E-state index in [9.17, 15) is 4.79 Å². The predicted molar refractivity (Wildman–Crippen MR) is 57.8 cm³/mol. The van der Waals surface area contributed by atoms with Crippen LogP contribution < -0.4 is 5.43 Å². The number of aromatic nitrogens is 1. The van der Waals surface area contributed by atoms with Crippen molar-refractivity contribution < 1.29 is 0 Å². The van der Waals surface area contributed by atoms with E-state index in [2.05, 4.69) is 50.2 Å². The molecule has 0 aromatic carbocycles. The van der Waals surface area contributed by atoms with Crippen LogP contribution in [0.15, 0.2) is 23.1 Å². The summed E-state index contributed by atoms with van der Waals surface area (Å²) in [6, 6.07) is 3.13. The normalized spacial score (nSPS) is 10.3. The molecule has 10 heavy (non-hydrogen) atoms. The van der Waals surface area contributed by atoms with Crippen molar-refractivity contribution in [2.45, 2.75) is 1.93 Å². The molecule has 0 aliphatic rings. The number of hydrogen-bond donors (Lipinski definition) is 1. The van der Waals surface area contributed by atoms with Crippen LogP contribution >= 0.6 is 45.2 Å². The maximum absolute atomic E-state index is 10.8. The lowest BCUT2D eigenvalue weighted by Gasteiger charge is -1.98. The highest BCUT2D eigenvalue weighted by Gasteiger charge is 2.00. The molecule has 0 bridgehead atoms. The number of hydrogen-bond acceptors (Lipinski definition) is 1. The second-order valence-electron chi connectivity index (χ2n) is 1.78. The van der Waals surface area contributed by atoms with Gasteiger partial charge in [0, 0.05) is 24.0 Å². The topological polar surface area (TPSA) is 32.9 Å². The lowest BCUT2D eigenvalue weighted by Crippen LogP contribution is -1.99. The third-order valence-electron chi connectivity index (χ3n) is 1.03. The molecular formula is C6H5I2NO. The molecule has 0 unspecified atom stereocenters. The number of pyridine rings is 1. The highest BCUT2D eigenvalue weighted by atomic mass is 127. The van der Waals surface area contributed by atoms with Crippen molar-refractivity contribution in [2.75, 3.05) is 0 Å². The van der Waals surface area contributed by atoms with Gasteiger partial charge in [-0.15, -0.1) is 0 Å². The molecule has 0 radical (unpaired) electrons. The Labute approximate surface area is 85.7 Å². The summed E-state index contributed by atoms with van der Waals surface area (Å²) < 4.78 is 0.337. The Morgan fingerprint density at radius 1 is 1.50 bits per heavy atom. The van der Waals surface area contributed by atoms with Crippen LogP contribution in [0.3, 0.4) is 0 Å². The Hall–Kier alpha value is 0.410. The van der Waals surface area contributed by atoms with Crippen molar-refractivity contribution in [1.29, 1.82) is 0 Å². The third-order valence-corrected chi connectivity index (χ3v) is 2.37. The molecule has 0 saturated carbocycles. The van der Waals surface area contributed by atoms with E-state index in [1.807, 2.05) is 0 Å². The van der Waals surface area contributed by atoms with Crippen LogP contribution in [0.4, 0.5) is 0 Å². The van der Waals surface area contributed by atoms with Crippen LogP contribution in [0.1, 0.15) is 7.63 Å². The first-order valence-electron chi connectivity index (χ1n) is 2.67. The van der Waals surface area contributed by atoms with E-state index in [0.29, 0.717) is 1.93 Å². The van der Waals surface area contributed by atoms with E-state index in [0.717, 1.165) is 5.69 Å². The van der Waals surface area contributed by atoms with Gasteiger partial charge in [-0.1, -0.05) is 45.2 Å². The van der Waals surface area contributed by atoms with E-state index in [1.165, 1.54) is 6.07 Å². The minimum atomic E-state index is 0.0621. The minimum absolute atomic E-state index is 0.0621. The molecular weight excluding hydrogens is 356 g/mol. The average molecular weight is 361 g/mol. The van der Waals surface area contributed by atoms with Crippen LogP contribution in [0, 0.1) is 0 Å². The SMILES string of the molecule is O=c1cc[nH]c(C(I)I)c1. The lowest BCUT2D eigenvalue weighted by atomic mass is 10.4. The molecule has 0 fully saturated rings. The highest BCUT2D eigenvalue weighted by molar-refractivity contribution is 14.2. The summed E-state index contributed by atoms with van der Waals surface area (Å²) in [4.78, 5) is 13.8. The monoisotopic (exact) mass is 361 g/mol. The fourth-order valence-corrected chi connectivity index (χ4v) is 1.31. The van der Waals surface area contributed by atoms with E-state index >= 15 is 0 Å². The molecule has 0 aliphatic carbocycles. The predicted octanol–water partition coefficient (Wildman–Crippen LogP) is 2.24. The molecule has 2 nitrogen and oxygen atoms in total. The summed E-state index contributed by atoms with van der Waals surface area (Å²) in [7, 11) is 0. The zero-order chi connectivity index (χ0) is 7.56.